The Morgan fingerprint density at radius 3 is 2.89 bits per heavy atom. The molecule has 1 saturated heterocycles. The molecule has 18 heavy (non-hydrogen) atoms. The molecule has 2 aliphatic rings. The van der Waals surface area contributed by atoms with Crippen molar-refractivity contribution in [3.8, 4) is 5.75 Å². The molecule has 1 amide bonds. The summed E-state index contributed by atoms with van der Waals surface area (Å²) in [6.45, 7) is 1.32. The third-order valence-electron chi connectivity index (χ3n) is 3.16. The molecule has 96 valence electrons. The van der Waals surface area contributed by atoms with Gasteiger partial charge in [0.1, 0.15) is 5.75 Å². The number of carbonyl (C=O) groups excluding carboxylic acids is 1. The second kappa shape index (κ2) is 5.53. The van der Waals surface area contributed by atoms with Crippen molar-refractivity contribution in [2.45, 2.75) is 18.8 Å². The zero-order valence-corrected chi connectivity index (χ0v) is 9.89. The number of amides is 1. The summed E-state index contributed by atoms with van der Waals surface area (Å²) < 4.78 is 5.45. The number of nitrogens with one attached hydrogen (secondary N) is 1. The van der Waals surface area contributed by atoms with E-state index in [9.17, 15) is 4.79 Å². The molecule has 0 aromatic heterocycles. The Hall–Kier alpha value is -2.04. The van der Waals surface area contributed by atoms with Crippen molar-refractivity contribution in [1.29, 1.82) is 0 Å². The number of carboxylic acid groups (broad SMARTS) is 1. The minimum absolute atomic E-state index is 0.164. The van der Waals surface area contributed by atoms with E-state index in [4.69, 9.17) is 14.6 Å². The predicted octanol–water partition coefficient (Wildman–Crippen LogP) is 0.926. The van der Waals surface area contributed by atoms with Gasteiger partial charge in [0.2, 0.25) is 5.91 Å². The van der Waals surface area contributed by atoms with Gasteiger partial charge in [-0.1, -0.05) is 12.1 Å². The molecule has 0 radical (unpaired) electrons. The van der Waals surface area contributed by atoms with Crippen LogP contribution in [0.15, 0.2) is 18.2 Å². The number of carbonyl (C=O) groups is 2. The number of ether oxygens (including phenoxy) is 1. The molecule has 1 aromatic rings. The molecule has 2 aliphatic heterocycles. The van der Waals surface area contributed by atoms with Crippen LogP contribution in [-0.4, -0.2) is 30.6 Å². The highest BCUT2D eigenvalue weighted by Crippen LogP contribution is 2.30. The molecule has 5 nitrogen and oxygen atoms in total. The molecule has 2 N–H and O–H groups in total. The SMILES string of the molecule is O=C1C[C@H](c2ccc3c(c2)CCO3)CN1.O=CO. The lowest BCUT2D eigenvalue weighted by molar-refractivity contribution is -0.123. The first-order valence-corrected chi connectivity index (χ1v) is 5.84. The van der Waals surface area contributed by atoms with Crippen LogP contribution in [0.1, 0.15) is 23.5 Å². The number of rotatable bonds is 1. The van der Waals surface area contributed by atoms with Crippen molar-refractivity contribution in [3.63, 3.8) is 0 Å². The Balaban J connectivity index is 0.000000367. The number of fused-ring (bicyclic) bond motifs is 1. The van der Waals surface area contributed by atoms with Crippen LogP contribution in [0.2, 0.25) is 0 Å². The van der Waals surface area contributed by atoms with E-state index in [1.54, 1.807) is 0 Å². The number of hydrogen-bond acceptors (Lipinski definition) is 3. The van der Waals surface area contributed by atoms with Gasteiger partial charge in [-0.25, -0.2) is 0 Å². The highest BCUT2D eigenvalue weighted by Gasteiger charge is 2.24. The van der Waals surface area contributed by atoms with Crippen LogP contribution in [-0.2, 0) is 16.0 Å². The Morgan fingerprint density at radius 2 is 2.22 bits per heavy atom. The quantitative estimate of drug-likeness (QED) is 0.726. The van der Waals surface area contributed by atoms with Gasteiger partial charge in [0.05, 0.1) is 6.61 Å². The first-order chi connectivity index (χ1) is 8.74. The van der Waals surface area contributed by atoms with E-state index in [0.29, 0.717) is 12.3 Å². The van der Waals surface area contributed by atoms with Gasteiger partial charge in [0.15, 0.2) is 0 Å². The summed E-state index contributed by atoms with van der Waals surface area (Å²) in [4.78, 5) is 19.5. The lowest BCUT2D eigenvalue weighted by Crippen LogP contribution is -2.13. The minimum Gasteiger partial charge on any atom is -0.493 e. The average molecular weight is 249 g/mol. The first kappa shape index (κ1) is 12.4. The maximum atomic E-state index is 11.1. The summed E-state index contributed by atoms with van der Waals surface area (Å²) >= 11 is 0. The van der Waals surface area contributed by atoms with Gasteiger partial charge in [-0.05, 0) is 17.2 Å². The molecule has 0 spiro atoms. The molecule has 2 heterocycles. The Labute approximate surface area is 105 Å². The Bertz CT molecular complexity index is 458. The first-order valence-electron chi connectivity index (χ1n) is 5.84. The predicted molar refractivity (Wildman–Crippen MR) is 64.7 cm³/mol. The smallest absolute Gasteiger partial charge is 0.290 e. The normalized spacial score (nSPS) is 20.2. The molecule has 0 unspecified atom stereocenters. The van der Waals surface area contributed by atoms with E-state index in [1.807, 2.05) is 6.07 Å². The van der Waals surface area contributed by atoms with Gasteiger partial charge in [0, 0.05) is 25.3 Å². The summed E-state index contributed by atoms with van der Waals surface area (Å²) in [6.07, 6.45) is 1.62. The number of hydrogen-bond donors (Lipinski definition) is 2. The highest BCUT2D eigenvalue weighted by atomic mass is 16.5. The standard InChI is InChI=1S/C12H13NO2.CH2O2/c14-12-6-10(7-13-12)8-1-2-11-9(5-8)3-4-15-11;2-1-3/h1-2,5,10H,3-4,6-7H2,(H,13,14);1H,(H,2,3)/t10-;/m0./s1. The summed E-state index contributed by atoms with van der Waals surface area (Å²) in [5, 5.41) is 9.75. The minimum atomic E-state index is -0.250. The van der Waals surface area contributed by atoms with Gasteiger partial charge in [-0.3, -0.25) is 9.59 Å². The van der Waals surface area contributed by atoms with Crippen LogP contribution >= 0.6 is 0 Å². The van der Waals surface area contributed by atoms with E-state index >= 15 is 0 Å². The summed E-state index contributed by atoms with van der Waals surface area (Å²) in [6, 6.07) is 6.29. The van der Waals surface area contributed by atoms with Gasteiger partial charge in [0.25, 0.3) is 6.47 Å². The molecule has 0 bridgehead atoms. The monoisotopic (exact) mass is 249 g/mol. The maximum absolute atomic E-state index is 11.1. The lowest BCUT2D eigenvalue weighted by atomic mass is 9.96. The van der Waals surface area contributed by atoms with Gasteiger partial charge < -0.3 is 15.2 Å². The van der Waals surface area contributed by atoms with Crippen molar-refractivity contribution in [3.05, 3.63) is 29.3 Å². The van der Waals surface area contributed by atoms with Crippen LogP contribution in [0.5, 0.6) is 5.75 Å². The zero-order chi connectivity index (χ0) is 13.0. The summed E-state index contributed by atoms with van der Waals surface area (Å²) in [7, 11) is 0. The van der Waals surface area contributed by atoms with Crippen LogP contribution < -0.4 is 10.1 Å². The molecule has 3 rings (SSSR count). The van der Waals surface area contributed by atoms with Crippen LogP contribution in [0.4, 0.5) is 0 Å². The van der Waals surface area contributed by atoms with Gasteiger partial charge >= 0.3 is 0 Å². The highest BCUT2D eigenvalue weighted by molar-refractivity contribution is 5.79. The van der Waals surface area contributed by atoms with Crippen molar-refractivity contribution in [1.82, 2.24) is 5.32 Å². The number of benzene rings is 1. The van der Waals surface area contributed by atoms with E-state index in [1.165, 1.54) is 11.1 Å². The molecule has 1 fully saturated rings. The fraction of sp³-hybridized carbons (Fsp3) is 0.385. The third kappa shape index (κ3) is 2.61. The van der Waals surface area contributed by atoms with Gasteiger partial charge in [-0.2, -0.15) is 0 Å². The summed E-state index contributed by atoms with van der Waals surface area (Å²) in [5.41, 5.74) is 2.55. The average Bonchev–Trinajstić information content (AvgIpc) is 2.97. The van der Waals surface area contributed by atoms with Crippen LogP contribution in [0, 0.1) is 0 Å². The van der Waals surface area contributed by atoms with Crippen molar-refractivity contribution >= 4 is 12.4 Å². The Kier molecular flexibility index (Phi) is 3.82. The molecule has 0 aliphatic carbocycles. The second-order valence-electron chi connectivity index (χ2n) is 4.28. The van der Waals surface area contributed by atoms with Gasteiger partial charge in [-0.15, -0.1) is 0 Å². The molecular formula is C13H15NO4. The fourth-order valence-electron chi connectivity index (χ4n) is 2.30. The van der Waals surface area contributed by atoms with Crippen molar-refractivity contribution in [2.24, 2.45) is 0 Å². The molecule has 5 heteroatoms. The third-order valence-corrected chi connectivity index (χ3v) is 3.16. The fourth-order valence-corrected chi connectivity index (χ4v) is 2.30. The van der Waals surface area contributed by atoms with Crippen molar-refractivity contribution < 1.29 is 19.4 Å². The molecular weight excluding hydrogens is 234 g/mol. The zero-order valence-electron chi connectivity index (χ0n) is 9.89. The molecule has 0 saturated carbocycles. The van der Waals surface area contributed by atoms with E-state index in [-0.39, 0.29) is 12.4 Å². The molecule has 1 atom stereocenters. The molecule has 1 aromatic carbocycles. The van der Waals surface area contributed by atoms with E-state index < -0.39 is 0 Å². The maximum Gasteiger partial charge on any atom is 0.290 e. The van der Waals surface area contributed by atoms with Crippen LogP contribution in [0.3, 0.4) is 0 Å². The van der Waals surface area contributed by atoms with Crippen molar-refractivity contribution in [2.75, 3.05) is 13.2 Å². The van der Waals surface area contributed by atoms with Crippen LogP contribution in [0.25, 0.3) is 0 Å². The Morgan fingerprint density at radius 1 is 1.44 bits per heavy atom. The summed E-state index contributed by atoms with van der Waals surface area (Å²) in [5.74, 6) is 1.52. The van der Waals surface area contributed by atoms with E-state index in [0.717, 1.165) is 25.3 Å². The topological polar surface area (TPSA) is 75.6 Å². The lowest BCUT2D eigenvalue weighted by Gasteiger charge is -2.08. The largest absolute Gasteiger partial charge is 0.493 e. The second-order valence-corrected chi connectivity index (χ2v) is 4.28. The van der Waals surface area contributed by atoms with E-state index in [2.05, 4.69) is 17.4 Å².